The summed E-state index contributed by atoms with van der Waals surface area (Å²) in [6.45, 7) is 2.19. The molecule has 1 atom stereocenters. The van der Waals surface area contributed by atoms with Crippen LogP contribution >= 0.6 is 0 Å². The Bertz CT molecular complexity index is 2030. The molecule has 6 aromatic rings. The first-order chi connectivity index (χ1) is 23.6. The predicted molar refractivity (Wildman–Crippen MR) is 182 cm³/mol. The maximum atomic E-state index is 14.6. The zero-order valence-corrected chi connectivity index (χ0v) is 26.3. The Morgan fingerprint density at radius 3 is 2.31 bits per heavy atom. The molecule has 0 spiro atoms. The van der Waals surface area contributed by atoms with Crippen molar-refractivity contribution in [2.45, 2.75) is 38.5 Å². The van der Waals surface area contributed by atoms with Crippen molar-refractivity contribution in [2.24, 2.45) is 0 Å². The van der Waals surface area contributed by atoms with E-state index in [0.29, 0.717) is 48.1 Å². The average molecular weight is 640 g/mol. The Morgan fingerprint density at radius 2 is 1.60 bits per heavy atom. The van der Waals surface area contributed by atoms with E-state index >= 15 is 0 Å². The smallest absolute Gasteiger partial charge is 0.259 e. The fourth-order valence-electron chi connectivity index (χ4n) is 6.74. The van der Waals surface area contributed by atoms with E-state index in [0.717, 1.165) is 47.1 Å². The lowest BCUT2D eigenvalue weighted by Crippen LogP contribution is -2.39. The number of anilines is 2. The van der Waals surface area contributed by atoms with Crippen LogP contribution in [0.4, 0.5) is 16.0 Å². The van der Waals surface area contributed by atoms with E-state index in [1.54, 1.807) is 6.20 Å². The number of amides is 1. The van der Waals surface area contributed by atoms with Crippen LogP contribution in [0.25, 0.3) is 16.8 Å². The van der Waals surface area contributed by atoms with E-state index in [1.165, 1.54) is 6.07 Å². The SMILES string of the molecule is O=C1c2cnn3c(N(Cc4ccccc4)Cc4ccccc4)c(-c4ccccc4)c(nc23)NCc2cc(F)cnc2OCC2CCCN12. The van der Waals surface area contributed by atoms with Gasteiger partial charge in [-0.25, -0.2) is 14.4 Å². The summed E-state index contributed by atoms with van der Waals surface area (Å²) in [5.41, 5.74) is 5.39. The van der Waals surface area contributed by atoms with Gasteiger partial charge in [0.05, 0.1) is 24.0 Å². The van der Waals surface area contributed by atoms with Crippen molar-refractivity contribution in [1.82, 2.24) is 24.5 Å². The number of nitrogens with one attached hydrogen (secondary N) is 1. The molecule has 1 unspecified atom stereocenters. The van der Waals surface area contributed by atoms with E-state index in [1.807, 2.05) is 76.1 Å². The predicted octanol–water partition coefficient (Wildman–Crippen LogP) is 6.75. The average Bonchev–Trinajstić information content (AvgIpc) is 3.77. The normalized spacial score (nSPS) is 15.9. The van der Waals surface area contributed by atoms with E-state index in [2.05, 4.69) is 39.5 Å². The van der Waals surface area contributed by atoms with Gasteiger partial charge in [0.15, 0.2) is 5.65 Å². The van der Waals surface area contributed by atoms with E-state index in [9.17, 15) is 9.18 Å². The Kier molecular flexibility index (Phi) is 7.89. The fraction of sp³-hybridized carbons (Fsp3) is 0.211. The second-order valence-corrected chi connectivity index (χ2v) is 12.2. The molecule has 5 heterocycles. The number of rotatable bonds is 6. The maximum absolute atomic E-state index is 14.6. The number of carbonyl (C=O) groups excluding carboxylic acids is 1. The fourth-order valence-corrected chi connectivity index (χ4v) is 6.74. The zero-order chi connectivity index (χ0) is 32.5. The molecule has 240 valence electrons. The highest BCUT2D eigenvalue weighted by atomic mass is 19.1. The minimum Gasteiger partial charge on any atom is -0.475 e. The number of ether oxygens (including phenoxy) is 1. The van der Waals surface area contributed by atoms with Gasteiger partial charge < -0.3 is 19.9 Å². The van der Waals surface area contributed by atoms with Crippen molar-refractivity contribution in [3.63, 3.8) is 0 Å². The van der Waals surface area contributed by atoms with Gasteiger partial charge in [-0.15, -0.1) is 0 Å². The van der Waals surface area contributed by atoms with E-state index in [4.69, 9.17) is 14.8 Å². The number of hydrogen-bond donors (Lipinski definition) is 1. The van der Waals surface area contributed by atoms with Gasteiger partial charge in [0, 0.05) is 31.7 Å². The number of carbonyl (C=O) groups is 1. The van der Waals surface area contributed by atoms with Gasteiger partial charge in [-0.3, -0.25) is 4.79 Å². The Hall–Kier alpha value is -5.77. The van der Waals surface area contributed by atoms with Crippen molar-refractivity contribution in [1.29, 1.82) is 0 Å². The van der Waals surface area contributed by atoms with Crippen LogP contribution in [0.1, 0.15) is 39.9 Å². The highest BCUT2D eigenvalue weighted by molar-refractivity contribution is 6.01. The number of halogens is 1. The minimum absolute atomic E-state index is 0.142. The third-order valence-electron chi connectivity index (χ3n) is 9.04. The number of hydrogen-bond acceptors (Lipinski definition) is 7. The Morgan fingerprint density at radius 1 is 0.917 bits per heavy atom. The van der Waals surface area contributed by atoms with Crippen LogP contribution in [0.15, 0.2) is 109 Å². The summed E-state index contributed by atoms with van der Waals surface area (Å²) in [4.78, 5) is 27.9. The summed E-state index contributed by atoms with van der Waals surface area (Å²) < 4.78 is 22.6. The second kappa shape index (κ2) is 12.8. The lowest BCUT2D eigenvalue weighted by molar-refractivity contribution is 0.0690. The Balaban J connectivity index is 1.39. The number of benzene rings is 3. The highest BCUT2D eigenvalue weighted by Gasteiger charge is 2.34. The van der Waals surface area contributed by atoms with Crippen molar-refractivity contribution < 1.29 is 13.9 Å². The first kappa shape index (κ1) is 29.6. The van der Waals surface area contributed by atoms with Gasteiger partial charge in [0.1, 0.15) is 29.6 Å². The summed E-state index contributed by atoms with van der Waals surface area (Å²) in [5.74, 6) is 1.06. The van der Waals surface area contributed by atoms with Crippen LogP contribution in [0, 0.1) is 5.82 Å². The molecule has 9 nitrogen and oxygen atoms in total. The van der Waals surface area contributed by atoms with Crippen molar-refractivity contribution in [3.8, 4) is 17.0 Å². The highest BCUT2D eigenvalue weighted by Crippen LogP contribution is 2.40. The largest absolute Gasteiger partial charge is 0.475 e. The van der Waals surface area contributed by atoms with Crippen LogP contribution in [-0.4, -0.2) is 49.6 Å². The maximum Gasteiger partial charge on any atom is 0.259 e. The summed E-state index contributed by atoms with van der Waals surface area (Å²) in [7, 11) is 0. The molecule has 2 bridgehead atoms. The first-order valence-electron chi connectivity index (χ1n) is 16.2. The molecule has 3 aromatic heterocycles. The molecule has 1 fully saturated rings. The molecule has 1 amide bonds. The lowest BCUT2D eigenvalue weighted by Gasteiger charge is -2.29. The van der Waals surface area contributed by atoms with Gasteiger partial charge in [0.2, 0.25) is 5.88 Å². The van der Waals surface area contributed by atoms with Gasteiger partial charge >= 0.3 is 0 Å². The van der Waals surface area contributed by atoms with Crippen LogP contribution < -0.4 is 15.0 Å². The van der Waals surface area contributed by atoms with Gasteiger partial charge in [-0.1, -0.05) is 91.0 Å². The zero-order valence-electron chi connectivity index (χ0n) is 26.3. The molecule has 48 heavy (non-hydrogen) atoms. The summed E-state index contributed by atoms with van der Waals surface area (Å²) in [6.07, 6.45) is 4.45. The third-order valence-corrected chi connectivity index (χ3v) is 9.04. The molecule has 2 aliphatic rings. The minimum atomic E-state index is -0.455. The van der Waals surface area contributed by atoms with Crippen molar-refractivity contribution in [2.75, 3.05) is 23.4 Å². The quantitative estimate of drug-likeness (QED) is 0.216. The lowest BCUT2D eigenvalue weighted by atomic mass is 10.0. The van der Waals surface area contributed by atoms with Crippen LogP contribution in [0.5, 0.6) is 5.88 Å². The first-order valence-corrected chi connectivity index (χ1v) is 16.2. The topological polar surface area (TPSA) is 87.9 Å². The molecule has 0 saturated carbocycles. The molecule has 1 saturated heterocycles. The molecule has 0 aliphatic carbocycles. The summed E-state index contributed by atoms with van der Waals surface area (Å²) in [6, 6.07) is 31.9. The van der Waals surface area contributed by atoms with E-state index in [-0.39, 0.29) is 25.1 Å². The standard InChI is InChI=1S/C38H34FN7O2/c39-30-19-29-20-40-34-33(28-15-8-3-9-16-28)37(44(23-26-11-4-1-5-12-26)24-27-13-6-2-7-14-27)46-35(43-34)32(22-42-46)38(47)45-18-10-17-31(45)25-48-36(29)41-21-30/h1-9,11-16,19,21-22,31H,10,17-18,20,23-25H2,(H,40,43). The van der Waals surface area contributed by atoms with Gasteiger partial charge in [-0.2, -0.15) is 9.61 Å². The molecular formula is C38H34FN7O2. The number of nitrogens with zero attached hydrogens (tertiary/aromatic N) is 6. The van der Waals surface area contributed by atoms with Crippen LogP contribution in [0.2, 0.25) is 0 Å². The molecule has 2 aliphatic heterocycles. The van der Waals surface area contributed by atoms with Gasteiger partial charge in [-0.05, 0) is 35.6 Å². The molecule has 10 heteroatoms. The van der Waals surface area contributed by atoms with Crippen LogP contribution in [0.3, 0.4) is 0 Å². The molecular weight excluding hydrogens is 605 g/mol. The van der Waals surface area contributed by atoms with Crippen molar-refractivity contribution in [3.05, 3.63) is 138 Å². The van der Waals surface area contributed by atoms with E-state index < -0.39 is 5.82 Å². The molecule has 8 rings (SSSR count). The molecule has 0 radical (unpaired) electrons. The van der Waals surface area contributed by atoms with Gasteiger partial charge in [0.25, 0.3) is 5.91 Å². The molecule has 3 aromatic carbocycles. The summed E-state index contributed by atoms with van der Waals surface area (Å²) >= 11 is 0. The number of pyridine rings is 1. The summed E-state index contributed by atoms with van der Waals surface area (Å²) in [5, 5.41) is 8.39. The van der Waals surface area contributed by atoms with Crippen LogP contribution in [-0.2, 0) is 19.6 Å². The third kappa shape index (κ3) is 5.70. The van der Waals surface area contributed by atoms with Crippen molar-refractivity contribution >= 4 is 23.2 Å². The number of aromatic nitrogens is 4. The second-order valence-electron chi connectivity index (χ2n) is 12.2. The monoisotopic (exact) mass is 639 g/mol. The number of fused-ring (bicyclic) bond motifs is 3. The Labute approximate surface area is 277 Å². The molecule has 1 N–H and O–H groups in total.